The number of benzene rings is 7. The van der Waals surface area contributed by atoms with Crippen LogP contribution in [0.25, 0.3) is 72.4 Å². The second-order valence-electron chi connectivity index (χ2n) is 14.1. The molecule has 0 bridgehead atoms. The van der Waals surface area contributed by atoms with Gasteiger partial charge in [-0.25, -0.2) is 15.0 Å². The van der Waals surface area contributed by atoms with Crippen molar-refractivity contribution in [2.45, 2.75) is 12.0 Å². The Balaban J connectivity index is 1.10. The lowest BCUT2D eigenvalue weighted by atomic mass is 9.90. The van der Waals surface area contributed by atoms with Gasteiger partial charge in [0.2, 0.25) is 0 Å². The van der Waals surface area contributed by atoms with E-state index in [4.69, 9.17) is 15.0 Å². The molecule has 0 fully saturated rings. The Morgan fingerprint density at radius 1 is 0.426 bits per heavy atom. The average Bonchev–Trinajstić information content (AvgIpc) is 3.75. The summed E-state index contributed by atoms with van der Waals surface area (Å²) in [5, 5.41) is 4.81. The van der Waals surface area contributed by atoms with Gasteiger partial charge in [0.25, 0.3) is 0 Å². The monoisotopic (exact) mass is 691 g/mol. The molecule has 7 aromatic carbocycles. The van der Waals surface area contributed by atoms with Crippen molar-refractivity contribution in [1.29, 1.82) is 0 Å². The van der Waals surface area contributed by atoms with Gasteiger partial charge in [-0.1, -0.05) is 140 Å². The smallest absolute Gasteiger partial charge is 0.164 e. The van der Waals surface area contributed by atoms with Gasteiger partial charge in [-0.3, -0.25) is 0 Å². The molecule has 9 aromatic rings. The Hall–Kier alpha value is -7.11. The van der Waals surface area contributed by atoms with Gasteiger partial charge < -0.3 is 9.47 Å². The van der Waals surface area contributed by atoms with Crippen LogP contribution in [-0.4, -0.2) is 25.6 Å². The molecule has 0 saturated heterocycles. The topological polar surface area (TPSA) is 46.8 Å². The first kappa shape index (κ1) is 30.5. The molecule has 0 radical (unpaired) electrons. The molecule has 1 aliphatic heterocycles. The summed E-state index contributed by atoms with van der Waals surface area (Å²) in [5.41, 5.74) is 9.99. The first-order valence-corrected chi connectivity index (χ1v) is 18.4. The van der Waals surface area contributed by atoms with E-state index < -0.39 is 0 Å². The van der Waals surface area contributed by atoms with Crippen LogP contribution in [0.4, 0.5) is 11.4 Å². The fourth-order valence-corrected chi connectivity index (χ4v) is 8.43. The van der Waals surface area contributed by atoms with Crippen LogP contribution < -0.4 is 4.90 Å². The molecule has 254 valence electrons. The quantitative estimate of drug-likeness (QED) is 0.180. The summed E-state index contributed by atoms with van der Waals surface area (Å²) >= 11 is 0. The minimum absolute atomic E-state index is 0.224. The summed E-state index contributed by atoms with van der Waals surface area (Å²) in [6.45, 7) is 0. The molecule has 5 heteroatoms. The van der Waals surface area contributed by atoms with Crippen LogP contribution in [0.2, 0.25) is 0 Å². The lowest BCUT2D eigenvalue weighted by molar-refractivity contribution is 0.745. The van der Waals surface area contributed by atoms with Gasteiger partial charge in [0.15, 0.2) is 17.5 Å². The minimum atomic E-state index is 0.224. The third kappa shape index (κ3) is 4.90. The molecular formula is C49H33N5. The summed E-state index contributed by atoms with van der Waals surface area (Å²) < 4.78 is 2.40. The summed E-state index contributed by atoms with van der Waals surface area (Å²) in [7, 11) is 0. The normalized spacial score (nSPS) is 16.0. The number of rotatable bonds is 5. The minimum Gasteiger partial charge on any atom is -0.333 e. The summed E-state index contributed by atoms with van der Waals surface area (Å²) in [6, 6.07) is 58.1. The van der Waals surface area contributed by atoms with E-state index in [1.165, 1.54) is 33.1 Å². The van der Waals surface area contributed by atoms with Gasteiger partial charge in [0.1, 0.15) is 0 Å². The van der Waals surface area contributed by atoms with Gasteiger partial charge in [-0.15, -0.1) is 0 Å². The van der Waals surface area contributed by atoms with Gasteiger partial charge in [-0.2, -0.15) is 0 Å². The fourth-order valence-electron chi connectivity index (χ4n) is 8.43. The number of fused-ring (bicyclic) bond motifs is 7. The van der Waals surface area contributed by atoms with Crippen LogP contribution >= 0.6 is 0 Å². The van der Waals surface area contributed by atoms with E-state index in [1.807, 2.05) is 18.2 Å². The van der Waals surface area contributed by atoms with Gasteiger partial charge in [0, 0.05) is 50.4 Å². The van der Waals surface area contributed by atoms with Crippen molar-refractivity contribution < 1.29 is 0 Å². The van der Waals surface area contributed by atoms with E-state index in [0.29, 0.717) is 17.5 Å². The largest absolute Gasteiger partial charge is 0.333 e. The van der Waals surface area contributed by atoms with Crippen LogP contribution in [0.15, 0.2) is 188 Å². The van der Waals surface area contributed by atoms with Crippen LogP contribution in [0.3, 0.4) is 0 Å². The van der Waals surface area contributed by atoms with E-state index in [-0.39, 0.29) is 12.0 Å². The number of nitrogens with zero attached hydrogens (tertiary/aromatic N) is 5. The van der Waals surface area contributed by atoms with Crippen LogP contribution in [0.5, 0.6) is 0 Å². The van der Waals surface area contributed by atoms with E-state index in [9.17, 15) is 0 Å². The fraction of sp³-hybridized carbons (Fsp3) is 0.0408. The number of para-hydroxylation sites is 2. The summed E-state index contributed by atoms with van der Waals surface area (Å²) in [4.78, 5) is 17.7. The molecule has 0 spiro atoms. The van der Waals surface area contributed by atoms with Gasteiger partial charge >= 0.3 is 0 Å². The lowest BCUT2D eigenvalue weighted by Gasteiger charge is -2.28. The molecule has 0 amide bonds. The van der Waals surface area contributed by atoms with Crippen molar-refractivity contribution in [1.82, 2.24) is 19.5 Å². The van der Waals surface area contributed by atoms with Crippen molar-refractivity contribution in [2.75, 3.05) is 4.90 Å². The van der Waals surface area contributed by atoms with Gasteiger partial charge in [0.05, 0.1) is 17.1 Å². The van der Waals surface area contributed by atoms with Crippen LogP contribution in [0.1, 0.15) is 11.5 Å². The predicted molar refractivity (Wildman–Crippen MR) is 221 cm³/mol. The first-order chi connectivity index (χ1) is 26.8. The van der Waals surface area contributed by atoms with Crippen molar-refractivity contribution in [2.24, 2.45) is 0 Å². The highest BCUT2D eigenvalue weighted by Crippen LogP contribution is 2.50. The van der Waals surface area contributed by atoms with Crippen molar-refractivity contribution >= 4 is 44.0 Å². The Morgan fingerprint density at radius 2 is 1.07 bits per heavy atom. The molecule has 2 aromatic heterocycles. The maximum Gasteiger partial charge on any atom is 0.164 e. The van der Waals surface area contributed by atoms with Crippen LogP contribution in [-0.2, 0) is 0 Å². The van der Waals surface area contributed by atoms with E-state index in [2.05, 4.69) is 179 Å². The average molecular weight is 692 g/mol. The van der Waals surface area contributed by atoms with E-state index in [1.54, 1.807) is 0 Å². The molecule has 11 rings (SSSR count). The molecule has 2 unspecified atom stereocenters. The van der Waals surface area contributed by atoms with Gasteiger partial charge in [-0.05, 0) is 64.9 Å². The molecule has 1 aliphatic carbocycles. The maximum absolute atomic E-state index is 5.13. The zero-order chi connectivity index (χ0) is 35.6. The standard InChI is InChI=1S/C49H33N5/c1-3-15-33(16-4-1)47-50-48(52-49(51-47)36-27-26-32-14-7-8-17-34(32)28-36)35-18-13-21-38(29-35)54-44-25-12-10-23-40(44)42-30-41-39-22-9-11-24-43(39)53(45(41)31-46(42)54)37-19-5-2-6-20-37/h1-31,39,43H. The van der Waals surface area contributed by atoms with E-state index >= 15 is 0 Å². The molecule has 0 N–H and O–H groups in total. The number of anilines is 2. The number of allylic oxidation sites excluding steroid dienone is 2. The second kappa shape index (κ2) is 12.2. The Morgan fingerprint density at radius 3 is 1.91 bits per heavy atom. The first-order valence-electron chi connectivity index (χ1n) is 18.4. The second-order valence-corrected chi connectivity index (χ2v) is 14.1. The highest BCUT2D eigenvalue weighted by atomic mass is 15.2. The Labute approximate surface area is 312 Å². The molecule has 2 atom stereocenters. The summed E-state index contributed by atoms with van der Waals surface area (Å²) in [6.07, 6.45) is 9.06. The molecule has 54 heavy (non-hydrogen) atoms. The lowest BCUT2D eigenvalue weighted by Crippen LogP contribution is -2.28. The van der Waals surface area contributed by atoms with Crippen molar-refractivity contribution in [3.05, 3.63) is 194 Å². The third-order valence-corrected chi connectivity index (χ3v) is 10.9. The molecule has 3 heterocycles. The van der Waals surface area contributed by atoms with Crippen molar-refractivity contribution in [3.8, 4) is 39.9 Å². The zero-order valence-electron chi connectivity index (χ0n) is 29.3. The summed E-state index contributed by atoms with van der Waals surface area (Å²) in [5.74, 6) is 2.20. The van der Waals surface area contributed by atoms with Crippen molar-refractivity contribution in [3.63, 3.8) is 0 Å². The molecule has 0 saturated carbocycles. The predicted octanol–water partition coefficient (Wildman–Crippen LogP) is 11.9. The Kier molecular flexibility index (Phi) is 6.92. The van der Waals surface area contributed by atoms with E-state index in [0.717, 1.165) is 38.8 Å². The molecular weight excluding hydrogens is 659 g/mol. The maximum atomic E-state index is 5.13. The van der Waals surface area contributed by atoms with Crippen LogP contribution in [0, 0.1) is 0 Å². The Bertz CT molecular complexity index is 2960. The number of aromatic nitrogens is 4. The third-order valence-electron chi connectivity index (χ3n) is 10.9. The molecule has 5 nitrogen and oxygen atoms in total. The number of hydrogen-bond acceptors (Lipinski definition) is 4. The highest BCUT2D eigenvalue weighted by Gasteiger charge is 2.38. The molecule has 2 aliphatic rings. The SMILES string of the molecule is C1=CC2c3cc4c5ccccc5n(-c5cccc(-c6nc(-c7ccccc7)nc(-c7ccc8ccccc8c7)n6)c5)c4cc3N(c3ccccc3)C2C=C1. The highest BCUT2D eigenvalue weighted by molar-refractivity contribution is 6.11. The zero-order valence-corrected chi connectivity index (χ0v) is 29.3. The number of hydrogen-bond donors (Lipinski definition) is 0.